The molecule has 4 aromatic carbocycles. The Morgan fingerprint density at radius 2 is 1.53 bits per heavy atom. The molecule has 0 saturated heterocycles. The number of carbonyl (C=O) groups excluding carboxylic acids is 1. The molecule has 4 heteroatoms. The number of carbonyl (C=O) groups is 1. The van der Waals surface area contributed by atoms with E-state index in [1.165, 1.54) is 11.1 Å². The van der Waals surface area contributed by atoms with Gasteiger partial charge in [-0.05, 0) is 53.6 Å². The van der Waals surface area contributed by atoms with Gasteiger partial charge in [-0.1, -0.05) is 78.9 Å². The minimum atomic E-state index is -0.338. The molecule has 4 aromatic rings. The van der Waals surface area contributed by atoms with Gasteiger partial charge in [0.25, 0.3) is 0 Å². The second-order valence-corrected chi connectivity index (χ2v) is 8.67. The van der Waals surface area contributed by atoms with Crippen molar-refractivity contribution in [2.75, 3.05) is 13.6 Å². The Morgan fingerprint density at radius 3 is 2.26 bits per heavy atom. The molecule has 5 rings (SSSR count). The molecule has 0 bridgehead atoms. The number of fused-ring (bicyclic) bond motifs is 1. The predicted molar refractivity (Wildman–Crippen MR) is 134 cm³/mol. The zero-order valence-electron chi connectivity index (χ0n) is 19.2. The zero-order valence-corrected chi connectivity index (χ0v) is 19.2. The van der Waals surface area contributed by atoms with Gasteiger partial charge in [-0.15, -0.1) is 0 Å². The molecule has 0 aromatic heterocycles. The van der Waals surface area contributed by atoms with Crippen LogP contribution in [0.25, 0.3) is 11.1 Å². The van der Waals surface area contributed by atoms with Crippen LogP contribution >= 0.6 is 0 Å². The van der Waals surface area contributed by atoms with Gasteiger partial charge < -0.3 is 9.47 Å². The smallest absolute Gasteiger partial charge is 0.338 e. The van der Waals surface area contributed by atoms with Crippen molar-refractivity contribution in [2.45, 2.75) is 19.3 Å². The van der Waals surface area contributed by atoms with Gasteiger partial charge in [-0.3, -0.25) is 4.90 Å². The maximum absolute atomic E-state index is 12.7. The first kappa shape index (κ1) is 21.9. The fraction of sp³-hybridized carbons (Fsp3) is 0.167. The summed E-state index contributed by atoms with van der Waals surface area (Å²) in [4.78, 5) is 14.8. The SMILES string of the molecule is CN1Cc2ccc(OCc3ccc(-c4ccccc4)cc3)cc2[C@H](OC(=O)c2ccccc2)C1. The summed E-state index contributed by atoms with van der Waals surface area (Å²) in [6.45, 7) is 1.94. The summed E-state index contributed by atoms with van der Waals surface area (Å²) >= 11 is 0. The van der Waals surface area contributed by atoms with Gasteiger partial charge in [0.1, 0.15) is 18.5 Å². The van der Waals surface area contributed by atoms with Crippen LogP contribution in [-0.2, 0) is 17.9 Å². The lowest BCUT2D eigenvalue weighted by Gasteiger charge is -2.32. The van der Waals surface area contributed by atoms with E-state index in [0.29, 0.717) is 18.7 Å². The van der Waals surface area contributed by atoms with Crippen molar-refractivity contribution in [2.24, 2.45) is 0 Å². The summed E-state index contributed by atoms with van der Waals surface area (Å²) in [5.41, 5.74) is 6.21. The number of rotatable bonds is 6. The Hall–Kier alpha value is -3.89. The van der Waals surface area contributed by atoms with Crippen molar-refractivity contribution < 1.29 is 14.3 Å². The van der Waals surface area contributed by atoms with Gasteiger partial charge in [0.05, 0.1) is 5.56 Å². The average Bonchev–Trinajstić information content (AvgIpc) is 2.89. The fourth-order valence-corrected chi connectivity index (χ4v) is 4.31. The van der Waals surface area contributed by atoms with Crippen LogP contribution in [0.5, 0.6) is 5.75 Å². The molecule has 0 radical (unpaired) electrons. The topological polar surface area (TPSA) is 38.8 Å². The molecule has 34 heavy (non-hydrogen) atoms. The van der Waals surface area contributed by atoms with E-state index >= 15 is 0 Å². The van der Waals surface area contributed by atoms with Crippen LogP contribution in [0.4, 0.5) is 0 Å². The highest BCUT2D eigenvalue weighted by Crippen LogP contribution is 2.32. The summed E-state index contributed by atoms with van der Waals surface area (Å²) in [5, 5.41) is 0. The summed E-state index contributed by atoms with van der Waals surface area (Å²) in [6, 6.07) is 34.0. The van der Waals surface area contributed by atoms with Crippen molar-refractivity contribution in [3.63, 3.8) is 0 Å². The Balaban J connectivity index is 1.29. The molecule has 1 aliphatic rings. The zero-order chi connectivity index (χ0) is 23.3. The molecule has 0 saturated carbocycles. The number of hydrogen-bond donors (Lipinski definition) is 0. The molecule has 170 valence electrons. The average molecular weight is 450 g/mol. The van der Waals surface area contributed by atoms with Gasteiger partial charge in [-0.25, -0.2) is 4.79 Å². The normalized spacial score (nSPS) is 15.4. The van der Waals surface area contributed by atoms with E-state index < -0.39 is 0 Å². The third kappa shape index (κ3) is 5.03. The van der Waals surface area contributed by atoms with Gasteiger partial charge in [-0.2, -0.15) is 0 Å². The second kappa shape index (κ2) is 9.94. The molecule has 0 N–H and O–H groups in total. The Bertz CT molecular complexity index is 1250. The number of likely N-dealkylation sites (N-methyl/N-ethyl adjacent to an activating group) is 1. The molecule has 0 fully saturated rings. The van der Waals surface area contributed by atoms with Crippen LogP contribution in [0.2, 0.25) is 0 Å². The van der Waals surface area contributed by atoms with Crippen LogP contribution in [0.3, 0.4) is 0 Å². The number of hydrogen-bond acceptors (Lipinski definition) is 4. The lowest BCUT2D eigenvalue weighted by atomic mass is 9.97. The van der Waals surface area contributed by atoms with E-state index in [4.69, 9.17) is 9.47 Å². The van der Waals surface area contributed by atoms with Gasteiger partial charge in [0.15, 0.2) is 0 Å². The largest absolute Gasteiger partial charge is 0.489 e. The second-order valence-electron chi connectivity index (χ2n) is 8.67. The van der Waals surface area contributed by atoms with Crippen molar-refractivity contribution in [1.29, 1.82) is 0 Å². The predicted octanol–water partition coefficient (Wildman–Crippen LogP) is 6.28. The minimum Gasteiger partial charge on any atom is -0.489 e. The third-order valence-electron chi connectivity index (χ3n) is 6.11. The summed E-state index contributed by atoms with van der Waals surface area (Å²) < 4.78 is 12.0. The summed E-state index contributed by atoms with van der Waals surface area (Å²) in [5.74, 6) is 0.466. The maximum Gasteiger partial charge on any atom is 0.338 e. The van der Waals surface area contributed by atoms with Crippen molar-refractivity contribution in [1.82, 2.24) is 4.90 Å². The lowest BCUT2D eigenvalue weighted by Crippen LogP contribution is -2.32. The van der Waals surface area contributed by atoms with E-state index in [-0.39, 0.29) is 12.1 Å². The van der Waals surface area contributed by atoms with E-state index in [0.717, 1.165) is 29.0 Å². The van der Waals surface area contributed by atoms with E-state index in [2.05, 4.69) is 47.4 Å². The highest BCUT2D eigenvalue weighted by Gasteiger charge is 2.27. The number of benzene rings is 4. The van der Waals surface area contributed by atoms with Crippen LogP contribution in [-0.4, -0.2) is 24.5 Å². The Morgan fingerprint density at radius 1 is 0.853 bits per heavy atom. The van der Waals surface area contributed by atoms with Crippen LogP contribution < -0.4 is 4.74 Å². The number of nitrogens with zero attached hydrogens (tertiary/aromatic N) is 1. The van der Waals surface area contributed by atoms with E-state index in [1.54, 1.807) is 12.1 Å². The molecule has 0 spiro atoms. The highest BCUT2D eigenvalue weighted by atomic mass is 16.5. The van der Waals surface area contributed by atoms with Crippen LogP contribution in [0, 0.1) is 0 Å². The first-order valence-electron chi connectivity index (χ1n) is 11.5. The molecule has 0 amide bonds. The lowest BCUT2D eigenvalue weighted by molar-refractivity contribution is 0.0171. The Labute approximate surface area is 200 Å². The molecule has 0 aliphatic carbocycles. The first-order chi connectivity index (χ1) is 16.7. The third-order valence-corrected chi connectivity index (χ3v) is 6.11. The highest BCUT2D eigenvalue weighted by molar-refractivity contribution is 5.89. The van der Waals surface area contributed by atoms with Crippen LogP contribution in [0.1, 0.15) is 33.2 Å². The number of esters is 1. The quantitative estimate of drug-likeness (QED) is 0.325. The number of ether oxygens (including phenoxy) is 2. The molecule has 1 atom stereocenters. The van der Waals surface area contributed by atoms with Gasteiger partial charge in [0.2, 0.25) is 0 Å². The standard InChI is InChI=1S/C30H27NO3/c1-31-19-26-16-17-27(18-28(26)29(20-31)34-30(32)25-10-6-3-7-11-25)33-21-22-12-14-24(15-13-22)23-8-4-2-5-9-23/h2-18,29H,19-21H2,1H3/t29-/m1/s1. The van der Waals surface area contributed by atoms with Gasteiger partial charge in [0, 0.05) is 18.7 Å². The monoisotopic (exact) mass is 449 g/mol. The minimum absolute atomic E-state index is 0.309. The molecule has 1 heterocycles. The van der Waals surface area contributed by atoms with Crippen molar-refractivity contribution in [3.05, 3.63) is 125 Å². The molecular weight excluding hydrogens is 422 g/mol. The van der Waals surface area contributed by atoms with E-state index in [9.17, 15) is 4.79 Å². The first-order valence-corrected chi connectivity index (χ1v) is 11.5. The maximum atomic E-state index is 12.7. The molecule has 4 nitrogen and oxygen atoms in total. The van der Waals surface area contributed by atoms with Crippen LogP contribution in [0.15, 0.2) is 103 Å². The van der Waals surface area contributed by atoms with Crippen molar-refractivity contribution in [3.8, 4) is 16.9 Å². The summed E-state index contributed by atoms with van der Waals surface area (Å²) in [7, 11) is 2.04. The molecular formula is C30H27NO3. The van der Waals surface area contributed by atoms with Gasteiger partial charge >= 0.3 is 5.97 Å². The van der Waals surface area contributed by atoms with E-state index in [1.807, 2.05) is 55.6 Å². The molecule has 1 aliphatic heterocycles. The molecule has 0 unspecified atom stereocenters. The fourth-order valence-electron chi connectivity index (χ4n) is 4.31. The Kier molecular flexibility index (Phi) is 6.41. The van der Waals surface area contributed by atoms with Crippen molar-refractivity contribution >= 4 is 5.97 Å². The summed E-state index contributed by atoms with van der Waals surface area (Å²) in [6.07, 6.45) is -0.338.